The Morgan fingerprint density at radius 1 is 0.870 bits per heavy atom. The number of carbonyl (C=O) groups is 1. The van der Waals surface area contributed by atoms with Gasteiger partial charge in [-0.15, -0.1) is 0 Å². The van der Waals surface area contributed by atoms with Crippen LogP contribution in [0, 0.1) is 13.8 Å². The summed E-state index contributed by atoms with van der Waals surface area (Å²) in [7, 11) is 6.14. The molecule has 0 heterocycles. The van der Waals surface area contributed by atoms with Crippen LogP contribution in [0.1, 0.15) is 21.5 Å². The molecule has 0 atom stereocenters. The number of hydrogen-bond acceptors (Lipinski definition) is 3. The van der Waals surface area contributed by atoms with Crippen molar-refractivity contribution in [1.82, 2.24) is 4.90 Å². The molecule has 0 radical (unpaired) electrons. The summed E-state index contributed by atoms with van der Waals surface area (Å²) in [6.45, 7) is 6.03. The lowest BCUT2D eigenvalue weighted by molar-refractivity contribution is 0.112. The molecule has 0 N–H and O–H groups in total. The fraction of sp³-hybridized carbons (Fsp3) is 0.350. The SMILES string of the molecule is Cc1cc(C)cc(-c2ccc(N(C)CCN(C)C)c(C=O)c2)c1. The van der Waals surface area contributed by atoms with Gasteiger partial charge < -0.3 is 9.80 Å². The van der Waals surface area contributed by atoms with E-state index in [1.54, 1.807) is 0 Å². The van der Waals surface area contributed by atoms with Crippen LogP contribution in [0.4, 0.5) is 5.69 Å². The molecule has 0 aliphatic carbocycles. The van der Waals surface area contributed by atoms with Gasteiger partial charge in [0.2, 0.25) is 0 Å². The molecule has 0 aromatic heterocycles. The van der Waals surface area contributed by atoms with Crippen molar-refractivity contribution >= 4 is 12.0 Å². The first-order valence-corrected chi connectivity index (χ1v) is 7.94. The largest absolute Gasteiger partial charge is 0.373 e. The van der Waals surface area contributed by atoms with Crippen molar-refractivity contribution in [2.45, 2.75) is 13.8 Å². The molecule has 0 saturated carbocycles. The number of rotatable bonds is 6. The van der Waals surface area contributed by atoms with Crippen LogP contribution in [-0.4, -0.2) is 45.4 Å². The maximum absolute atomic E-state index is 11.6. The summed E-state index contributed by atoms with van der Waals surface area (Å²) >= 11 is 0. The number of aryl methyl sites for hydroxylation is 2. The molecule has 0 aliphatic heterocycles. The fourth-order valence-electron chi connectivity index (χ4n) is 2.79. The predicted molar refractivity (Wildman–Crippen MR) is 98.6 cm³/mol. The lowest BCUT2D eigenvalue weighted by Gasteiger charge is -2.23. The van der Waals surface area contributed by atoms with Crippen LogP contribution < -0.4 is 4.90 Å². The van der Waals surface area contributed by atoms with Crippen LogP contribution in [0.3, 0.4) is 0 Å². The lowest BCUT2D eigenvalue weighted by atomic mass is 9.98. The highest BCUT2D eigenvalue weighted by molar-refractivity contribution is 5.87. The molecule has 23 heavy (non-hydrogen) atoms. The Morgan fingerprint density at radius 3 is 2.09 bits per heavy atom. The van der Waals surface area contributed by atoms with E-state index in [0.29, 0.717) is 0 Å². The Kier molecular flexibility index (Phi) is 5.56. The van der Waals surface area contributed by atoms with E-state index in [1.807, 2.05) is 19.2 Å². The smallest absolute Gasteiger partial charge is 0.152 e. The van der Waals surface area contributed by atoms with Gasteiger partial charge in [0.15, 0.2) is 6.29 Å². The summed E-state index contributed by atoms with van der Waals surface area (Å²) < 4.78 is 0. The van der Waals surface area contributed by atoms with E-state index >= 15 is 0 Å². The fourth-order valence-corrected chi connectivity index (χ4v) is 2.79. The van der Waals surface area contributed by atoms with Crippen LogP contribution in [0.5, 0.6) is 0 Å². The molecular formula is C20H26N2O. The summed E-state index contributed by atoms with van der Waals surface area (Å²) in [5, 5.41) is 0. The van der Waals surface area contributed by atoms with E-state index < -0.39 is 0 Å². The van der Waals surface area contributed by atoms with Gasteiger partial charge in [-0.05, 0) is 51.2 Å². The number of nitrogens with zero attached hydrogens (tertiary/aromatic N) is 2. The number of aldehydes is 1. The van der Waals surface area contributed by atoms with Crippen LogP contribution in [0.25, 0.3) is 11.1 Å². The van der Waals surface area contributed by atoms with E-state index in [0.717, 1.165) is 41.8 Å². The predicted octanol–water partition coefficient (Wildman–Crippen LogP) is 3.78. The van der Waals surface area contributed by atoms with Crippen molar-refractivity contribution < 1.29 is 4.79 Å². The van der Waals surface area contributed by atoms with Gasteiger partial charge in [0.25, 0.3) is 0 Å². The standard InChI is InChI=1S/C20H26N2O/c1-15-10-16(2)12-18(11-15)17-6-7-20(19(13-17)14-23)22(5)9-8-21(3)4/h6-7,10-14H,8-9H2,1-5H3. The van der Waals surface area contributed by atoms with Gasteiger partial charge in [-0.1, -0.05) is 35.4 Å². The second kappa shape index (κ2) is 7.42. The molecule has 2 rings (SSSR count). The third kappa shape index (κ3) is 4.42. The topological polar surface area (TPSA) is 23.6 Å². The Balaban J connectivity index is 2.34. The van der Waals surface area contributed by atoms with Crippen molar-refractivity contribution in [3.8, 4) is 11.1 Å². The third-order valence-electron chi connectivity index (χ3n) is 4.00. The molecular weight excluding hydrogens is 284 g/mol. The Morgan fingerprint density at radius 2 is 1.52 bits per heavy atom. The van der Waals surface area contributed by atoms with Crippen molar-refractivity contribution in [3.63, 3.8) is 0 Å². The van der Waals surface area contributed by atoms with Crippen molar-refractivity contribution in [2.24, 2.45) is 0 Å². The quantitative estimate of drug-likeness (QED) is 0.759. The minimum Gasteiger partial charge on any atom is -0.373 e. The van der Waals surface area contributed by atoms with E-state index in [2.05, 4.69) is 62.0 Å². The molecule has 3 heteroatoms. The summed E-state index contributed by atoms with van der Waals surface area (Å²) in [5.74, 6) is 0. The molecule has 2 aromatic rings. The molecule has 0 fully saturated rings. The second-order valence-electron chi connectivity index (χ2n) is 6.49. The Hall–Kier alpha value is -2.13. The molecule has 122 valence electrons. The van der Waals surface area contributed by atoms with Gasteiger partial charge in [-0.3, -0.25) is 4.79 Å². The van der Waals surface area contributed by atoms with Gasteiger partial charge in [0, 0.05) is 31.4 Å². The van der Waals surface area contributed by atoms with Crippen LogP contribution in [0.2, 0.25) is 0 Å². The first-order chi connectivity index (χ1) is 10.9. The zero-order chi connectivity index (χ0) is 17.0. The first-order valence-electron chi connectivity index (χ1n) is 7.94. The summed E-state index contributed by atoms with van der Waals surface area (Å²) in [4.78, 5) is 15.8. The maximum atomic E-state index is 11.6. The molecule has 3 nitrogen and oxygen atoms in total. The van der Waals surface area contributed by atoms with Crippen molar-refractivity contribution in [1.29, 1.82) is 0 Å². The summed E-state index contributed by atoms with van der Waals surface area (Å²) in [6, 6.07) is 12.6. The third-order valence-corrected chi connectivity index (χ3v) is 4.00. The molecule has 0 bridgehead atoms. The Labute approximate surface area is 139 Å². The second-order valence-corrected chi connectivity index (χ2v) is 6.49. The van der Waals surface area contributed by atoms with Crippen LogP contribution in [-0.2, 0) is 0 Å². The summed E-state index contributed by atoms with van der Waals surface area (Å²) in [5.41, 5.74) is 6.44. The number of anilines is 1. The molecule has 2 aromatic carbocycles. The normalized spacial score (nSPS) is 10.9. The van der Waals surface area contributed by atoms with Crippen LogP contribution >= 0.6 is 0 Å². The number of hydrogen-bond donors (Lipinski definition) is 0. The molecule has 0 saturated heterocycles. The van der Waals surface area contributed by atoms with Crippen LogP contribution in [0.15, 0.2) is 36.4 Å². The first kappa shape index (κ1) is 17.2. The zero-order valence-electron chi connectivity index (χ0n) is 14.8. The van der Waals surface area contributed by atoms with Gasteiger partial charge in [-0.2, -0.15) is 0 Å². The van der Waals surface area contributed by atoms with Crippen molar-refractivity contribution in [2.75, 3.05) is 39.1 Å². The Bertz CT molecular complexity index is 672. The van der Waals surface area contributed by atoms with Crippen molar-refractivity contribution in [3.05, 3.63) is 53.1 Å². The van der Waals surface area contributed by atoms with Gasteiger partial charge in [-0.25, -0.2) is 0 Å². The lowest BCUT2D eigenvalue weighted by Crippen LogP contribution is -2.29. The number of carbonyl (C=O) groups excluding carboxylic acids is 1. The maximum Gasteiger partial charge on any atom is 0.152 e. The minimum atomic E-state index is 0.739. The molecule has 0 aliphatic rings. The highest BCUT2D eigenvalue weighted by Crippen LogP contribution is 2.27. The van der Waals surface area contributed by atoms with Gasteiger partial charge in [0.1, 0.15) is 0 Å². The van der Waals surface area contributed by atoms with E-state index in [1.165, 1.54) is 11.1 Å². The van der Waals surface area contributed by atoms with Gasteiger partial charge in [0.05, 0.1) is 0 Å². The van der Waals surface area contributed by atoms with E-state index in [4.69, 9.17) is 0 Å². The highest BCUT2D eigenvalue weighted by atomic mass is 16.1. The molecule has 0 amide bonds. The zero-order valence-corrected chi connectivity index (χ0v) is 14.8. The molecule has 0 unspecified atom stereocenters. The number of benzene rings is 2. The average Bonchev–Trinajstić information content (AvgIpc) is 2.51. The summed E-state index contributed by atoms with van der Waals surface area (Å²) in [6.07, 6.45) is 0.952. The highest BCUT2D eigenvalue weighted by Gasteiger charge is 2.10. The van der Waals surface area contributed by atoms with Gasteiger partial charge >= 0.3 is 0 Å². The molecule has 0 spiro atoms. The average molecular weight is 310 g/mol. The number of likely N-dealkylation sites (N-methyl/N-ethyl adjacent to an activating group) is 2. The minimum absolute atomic E-state index is 0.739. The van der Waals surface area contributed by atoms with E-state index in [-0.39, 0.29) is 0 Å². The van der Waals surface area contributed by atoms with E-state index in [9.17, 15) is 4.79 Å². The monoisotopic (exact) mass is 310 g/mol.